The van der Waals surface area contributed by atoms with Crippen LogP contribution in [0.5, 0.6) is 0 Å². The SMILES string of the molecule is CCNC(=O)CCCC(=O)Nc1ccc(-c2n[nH]c(CN)n2)cc1. The number of nitrogens with one attached hydrogen (secondary N) is 3. The summed E-state index contributed by atoms with van der Waals surface area (Å²) in [6, 6.07) is 7.23. The van der Waals surface area contributed by atoms with Crippen LogP contribution in [0, 0.1) is 0 Å². The third-order valence-electron chi connectivity index (χ3n) is 3.33. The highest BCUT2D eigenvalue weighted by atomic mass is 16.2. The van der Waals surface area contributed by atoms with Crippen LogP contribution in [-0.4, -0.2) is 33.5 Å². The zero-order valence-corrected chi connectivity index (χ0v) is 13.6. The summed E-state index contributed by atoms with van der Waals surface area (Å²) >= 11 is 0. The van der Waals surface area contributed by atoms with E-state index in [1.54, 1.807) is 12.1 Å². The molecule has 24 heavy (non-hydrogen) atoms. The Balaban J connectivity index is 1.82. The first kappa shape index (κ1) is 17.6. The molecule has 2 rings (SSSR count). The van der Waals surface area contributed by atoms with E-state index in [1.165, 1.54) is 0 Å². The van der Waals surface area contributed by atoms with Crippen LogP contribution in [-0.2, 0) is 16.1 Å². The van der Waals surface area contributed by atoms with Gasteiger partial charge in [0.25, 0.3) is 0 Å². The summed E-state index contributed by atoms with van der Waals surface area (Å²) < 4.78 is 0. The number of hydrogen-bond acceptors (Lipinski definition) is 5. The van der Waals surface area contributed by atoms with E-state index >= 15 is 0 Å². The van der Waals surface area contributed by atoms with Gasteiger partial charge < -0.3 is 16.4 Å². The van der Waals surface area contributed by atoms with Crippen molar-refractivity contribution in [2.24, 2.45) is 5.73 Å². The number of aromatic amines is 1. The number of amides is 2. The topological polar surface area (TPSA) is 126 Å². The van der Waals surface area contributed by atoms with Gasteiger partial charge in [-0.25, -0.2) is 4.98 Å². The van der Waals surface area contributed by atoms with Crippen molar-refractivity contribution in [3.8, 4) is 11.4 Å². The Morgan fingerprint density at radius 3 is 2.50 bits per heavy atom. The number of hydrogen-bond donors (Lipinski definition) is 4. The first-order chi connectivity index (χ1) is 11.6. The molecule has 2 aromatic rings. The van der Waals surface area contributed by atoms with Crippen molar-refractivity contribution in [2.45, 2.75) is 32.7 Å². The summed E-state index contributed by atoms with van der Waals surface area (Å²) in [6.45, 7) is 2.77. The smallest absolute Gasteiger partial charge is 0.224 e. The fourth-order valence-corrected chi connectivity index (χ4v) is 2.14. The van der Waals surface area contributed by atoms with Crippen molar-refractivity contribution in [3.63, 3.8) is 0 Å². The van der Waals surface area contributed by atoms with E-state index in [-0.39, 0.29) is 11.8 Å². The zero-order chi connectivity index (χ0) is 17.4. The molecule has 0 aliphatic heterocycles. The third kappa shape index (κ3) is 5.17. The van der Waals surface area contributed by atoms with E-state index in [0.717, 1.165) is 5.56 Å². The maximum Gasteiger partial charge on any atom is 0.224 e. The number of nitrogens with zero attached hydrogens (tertiary/aromatic N) is 2. The molecule has 2 amide bonds. The number of nitrogens with two attached hydrogens (primary N) is 1. The molecule has 0 atom stereocenters. The van der Waals surface area contributed by atoms with E-state index in [4.69, 9.17) is 5.73 Å². The number of aromatic nitrogens is 3. The molecule has 0 aliphatic rings. The molecule has 8 nitrogen and oxygen atoms in total. The quantitative estimate of drug-likeness (QED) is 0.578. The maximum absolute atomic E-state index is 11.9. The van der Waals surface area contributed by atoms with Gasteiger partial charge in [-0.1, -0.05) is 0 Å². The number of H-pyrrole nitrogens is 1. The lowest BCUT2D eigenvalue weighted by molar-refractivity contribution is -0.121. The summed E-state index contributed by atoms with van der Waals surface area (Å²) in [4.78, 5) is 27.4. The Bertz CT molecular complexity index is 680. The minimum Gasteiger partial charge on any atom is -0.356 e. The first-order valence-electron chi connectivity index (χ1n) is 7.90. The molecule has 0 bridgehead atoms. The Morgan fingerprint density at radius 1 is 1.17 bits per heavy atom. The molecule has 0 unspecified atom stereocenters. The van der Waals surface area contributed by atoms with Gasteiger partial charge in [0.2, 0.25) is 11.8 Å². The molecule has 128 valence electrons. The average Bonchev–Trinajstić information content (AvgIpc) is 3.05. The van der Waals surface area contributed by atoms with Gasteiger partial charge >= 0.3 is 0 Å². The van der Waals surface area contributed by atoms with Crippen LogP contribution >= 0.6 is 0 Å². The van der Waals surface area contributed by atoms with Crippen LogP contribution < -0.4 is 16.4 Å². The lowest BCUT2D eigenvalue weighted by Crippen LogP contribution is -2.22. The van der Waals surface area contributed by atoms with Crippen LogP contribution in [0.15, 0.2) is 24.3 Å². The average molecular weight is 330 g/mol. The molecular weight excluding hydrogens is 308 g/mol. The number of anilines is 1. The van der Waals surface area contributed by atoms with Gasteiger partial charge in [0.15, 0.2) is 5.82 Å². The van der Waals surface area contributed by atoms with Gasteiger partial charge in [-0.2, -0.15) is 5.10 Å². The standard InChI is InChI=1S/C16H22N6O2/c1-2-18-14(23)4-3-5-15(24)19-12-8-6-11(7-9-12)16-20-13(10-17)21-22-16/h6-9H,2-5,10,17H2,1H3,(H,18,23)(H,19,24)(H,20,21,22). The van der Waals surface area contributed by atoms with Crippen molar-refractivity contribution in [1.82, 2.24) is 20.5 Å². The number of rotatable bonds is 8. The number of benzene rings is 1. The highest BCUT2D eigenvalue weighted by molar-refractivity contribution is 5.91. The van der Waals surface area contributed by atoms with Crippen molar-refractivity contribution < 1.29 is 9.59 Å². The van der Waals surface area contributed by atoms with Crippen molar-refractivity contribution >= 4 is 17.5 Å². The van der Waals surface area contributed by atoms with Crippen molar-refractivity contribution in [3.05, 3.63) is 30.1 Å². The molecule has 1 aromatic heterocycles. The molecule has 0 spiro atoms. The summed E-state index contributed by atoms with van der Waals surface area (Å²) in [5.74, 6) is 1.04. The molecule has 1 heterocycles. The van der Waals surface area contributed by atoms with Crippen LogP contribution in [0.1, 0.15) is 32.0 Å². The monoisotopic (exact) mass is 330 g/mol. The second-order valence-corrected chi connectivity index (χ2v) is 5.24. The summed E-state index contributed by atoms with van der Waals surface area (Å²) in [5, 5.41) is 12.3. The van der Waals surface area contributed by atoms with Gasteiger partial charge in [-0.15, -0.1) is 0 Å². The first-order valence-corrected chi connectivity index (χ1v) is 7.90. The Morgan fingerprint density at radius 2 is 1.88 bits per heavy atom. The van der Waals surface area contributed by atoms with E-state index < -0.39 is 0 Å². The molecule has 1 aromatic carbocycles. The summed E-state index contributed by atoms with van der Waals surface area (Å²) in [5.41, 5.74) is 7.01. The molecule has 0 radical (unpaired) electrons. The Labute approximate surface area is 140 Å². The Kier molecular flexibility index (Phi) is 6.44. The van der Waals surface area contributed by atoms with Gasteiger partial charge in [0, 0.05) is 30.6 Å². The molecule has 0 saturated carbocycles. The highest BCUT2D eigenvalue weighted by Gasteiger charge is 2.07. The lowest BCUT2D eigenvalue weighted by Gasteiger charge is -2.06. The fourth-order valence-electron chi connectivity index (χ4n) is 2.14. The fraction of sp³-hybridized carbons (Fsp3) is 0.375. The third-order valence-corrected chi connectivity index (χ3v) is 3.33. The number of carbonyl (C=O) groups is 2. The van der Waals surface area contributed by atoms with Crippen LogP contribution in [0.3, 0.4) is 0 Å². The van der Waals surface area contributed by atoms with E-state index in [0.29, 0.717) is 49.7 Å². The van der Waals surface area contributed by atoms with E-state index in [9.17, 15) is 9.59 Å². The zero-order valence-electron chi connectivity index (χ0n) is 13.6. The largest absolute Gasteiger partial charge is 0.356 e. The minimum absolute atomic E-state index is 0.0296. The molecule has 8 heteroatoms. The normalized spacial score (nSPS) is 10.4. The number of carbonyl (C=O) groups excluding carboxylic acids is 2. The van der Waals surface area contributed by atoms with Crippen LogP contribution in [0.2, 0.25) is 0 Å². The second-order valence-electron chi connectivity index (χ2n) is 5.24. The van der Waals surface area contributed by atoms with E-state index in [1.807, 2.05) is 19.1 Å². The maximum atomic E-state index is 11.9. The minimum atomic E-state index is -0.115. The second kappa shape index (κ2) is 8.78. The van der Waals surface area contributed by atoms with E-state index in [2.05, 4.69) is 25.8 Å². The summed E-state index contributed by atoms with van der Waals surface area (Å²) in [7, 11) is 0. The van der Waals surface area contributed by atoms with Crippen molar-refractivity contribution in [1.29, 1.82) is 0 Å². The molecule has 5 N–H and O–H groups in total. The molecular formula is C16H22N6O2. The lowest BCUT2D eigenvalue weighted by atomic mass is 10.2. The van der Waals surface area contributed by atoms with Crippen LogP contribution in [0.25, 0.3) is 11.4 Å². The van der Waals surface area contributed by atoms with Crippen LogP contribution in [0.4, 0.5) is 5.69 Å². The van der Waals surface area contributed by atoms with Gasteiger partial charge in [-0.05, 0) is 37.6 Å². The highest BCUT2D eigenvalue weighted by Crippen LogP contribution is 2.18. The molecule has 0 aliphatic carbocycles. The predicted molar refractivity (Wildman–Crippen MR) is 90.9 cm³/mol. The van der Waals surface area contributed by atoms with Gasteiger partial charge in [0.1, 0.15) is 5.82 Å². The van der Waals surface area contributed by atoms with Gasteiger partial charge in [0.05, 0.1) is 6.54 Å². The molecule has 0 saturated heterocycles. The Hall–Kier alpha value is -2.74. The predicted octanol–water partition coefficient (Wildman–Crippen LogP) is 1.18. The van der Waals surface area contributed by atoms with Gasteiger partial charge in [-0.3, -0.25) is 14.7 Å². The molecule has 0 fully saturated rings. The summed E-state index contributed by atoms with van der Waals surface area (Å²) in [6.07, 6.45) is 1.18. The van der Waals surface area contributed by atoms with Crippen molar-refractivity contribution in [2.75, 3.05) is 11.9 Å².